The summed E-state index contributed by atoms with van der Waals surface area (Å²) in [5.41, 5.74) is -0.357. The summed E-state index contributed by atoms with van der Waals surface area (Å²) in [7, 11) is 0. The van der Waals surface area contributed by atoms with Gasteiger partial charge in [-0.3, -0.25) is 14.2 Å². The van der Waals surface area contributed by atoms with Crippen LogP contribution in [0.4, 0.5) is 0 Å². The minimum Gasteiger partial charge on any atom is -0.480 e. The largest absolute Gasteiger partial charge is 0.480 e. The molecular formula is C20H23N3O5. The van der Waals surface area contributed by atoms with Crippen LogP contribution in [0.1, 0.15) is 49.4 Å². The SMILES string of the molecule is CCn1c(=O)[nH]c2cc(C(=O)N3[C@@H]4CCCC[C@@H]4C[C@H]3C(=O)O)ccc2c1=O. The Kier molecular flexibility index (Phi) is 4.56. The summed E-state index contributed by atoms with van der Waals surface area (Å²) in [6.07, 6.45) is 4.29. The van der Waals surface area contributed by atoms with Gasteiger partial charge in [0.15, 0.2) is 0 Å². The van der Waals surface area contributed by atoms with Crippen molar-refractivity contribution in [3.05, 3.63) is 44.6 Å². The third-order valence-electron chi connectivity index (χ3n) is 6.15. The molecule has 0 unspecified atom stereocenters. The molecule has 1 aromatic carbocycles. The molecule has 2 aromatic rings. The first kappa shape index (κ1) is 18.5. The Morgan fingerprint density at radius 1 is 1.21 bits per heavy atom. The third-order valence-corrected chi connectivity index (χ3v) is 6.15. The highest BCUT2D eigenvalue weighted by molar-refractivity contribution is 6.00. The monoisotopic (exact) mass is 385 g/mol. The lowest BCUT2D eigenvalue weighted by molar-refractivity contribution is -0.141. The molecule has 8 nitrogen and oxygen atoms in total. The average molecular weight is 385 g/mol. The number of carboxylic acids is 1. The number of amides is 1. The highest BCUT2D eigenvalue weighted by Gasteiger charge is 2.47. The van der Waals surface area contributed by atoms with Gasteiger partial charge in [0, 0.05) is 18.2 Å². The fourth-order valence-corrected chi connectivity index (χ4v) is 4.80. The molecule has 28 heavy (non-hydrogen) atoms. The van der Waals surface area contributed by atoms with Gasteiger partial charge in [-0.05, 0) is 50.3 Å². The number of likely N-dealkylation sites (tertiary alicyclic amines) is 1. The third kappa shape index (κ3) is 2.83. The van der Waals surface area contributed by atoms with Gasteiger partial charge < -0.3 is 15.0 Å². The number of aliphatic carboxylic acids is 1. The first-order chi connectivity index (χ1) is 13.4. The zero-order chi connectivity index (χ0) is 20.0. The van der Waals surface area contributed by atoms with Crippen LogP contribution in [0.3, 0.4) is 0 Å². The molecule has 0 radical (unpaired) electrons. The predicted octanol–water partition coefficient (Wildman–Crippen LogP) is 1.57. The van der Waals surface area contributed by atoms with E-state index in [2.05, 4.69) is 4.98 Å². The number of hydrogen-bond acceptors (Lipinski definition) is 4. The lowest BCUT2D eigenvalue weighted by atomic mass is 9.84. The standard InChI is InChI=1S/C20H23N3O5/c1-2-22-18(25)13-8-7-12(9-14(13)21-20(22)28)17(24)23-15-6-4-3-5-11(15)10-16(23)19(26)27/h7-9,11,15-16H,2-6,10H2,1H3,(H,21,28)(H,26,27)/t11-,15-,16+/m1/s1. The molecule has 1 aliphatic heterocycles. The normalized spacial score (nSPS) is 24.3. The zero-order valence-electron chi connectivity index (χ0n) is 15.7. The molecule has 1 amide bonds. The summed E-state index contributed by atoms with van der Waals surface area (Å²) in [6, 6.07) is 3.65. The first-order valence-electron chi connectivity index (χ1n) is 9.74. The smallest absolute Gasteiger partial charge is 0.328 e. The number of rotatable bonds is 3. The second kappa shape index (κ2) is 6.92. The summed E-state index contributed by atoms with van der Waals surface area (Å²) in [5.74, 6) is -1.12. The Hall–Kier alpha value is -2.90. The van der Waals surface area contributed by atoms with E-state index in [1.807, 2.05) is 0 Å². The van der Waals surface area contributed by atoms with E-state index in [0.29, 0.717) is 11.8 Å². The molecule has 2 N–H and O–H groups in total. The summed E-state index contributed by atoms with van der Waals surface area (Å²) >= 11 is 0. The van der Waals surface area contributed by atoms with E-state index in [-0.39, 0.29) is 35.5 Å². The molecule has 0 bridgehead atoms. The fraction of sp³-hybridized carbons (Fsp3) is 0.500. The van der Waals surface area contributed by atoms with Gasteiger partial charge in [0.25, 0.3) is 11.5 Å². The lowest BCUT2D eigenvalue weighted by Crippen LogP contribution is -2.46. The molecule has 2 aliphatic rings. The van der Waals surface area contributed by atoms with Crippen molar-refractivity contribution in [3.63, 3.8) is 0 Å². The number of fused-ring (bicyclic) bond motifs is 2. The number of aromatic nitrogens is 2. The van der Waals surface area contributed by atoms with E-state index in [1.54, 1.807) is 13.0 Å². The molecule has 2 heterocycles. The van der Waals surface area contributed by atoms with Crippen LogP contribution in [0, 0.1) is 5.92 Å². The Morgan fingerprint density at radius 2 is 1.96 bits per heavy atom. The summed E-state index contributed by atoms with van der Waals surface area (Å²) < 4.78 is 1.09. The summed E-state index contributed by atoms with van der Waals surface area (Å²) in [4.78, 5) is 53.7. The minimum absolute atomic E-state index is 0.0646. The molecule has 4 rings (SSSR count). The van der Waals surface area contributed by atoms with Gasteiger partial charge in [-0.2, -0.15) is 0 Å². The maximum absolute atomic E-state index is 13.2. The minimum atomic E-state index is -0.984. The molecule has 0 spiro atoms. The number of hydrogen-bond donors (Lipinski definition) is 2. The average Bonchev–Trinajstić information content (AvgIpc) is 3.07. The van der Waals surface area contributed by atoms with Crippen molar-refractivity contribution in [1.29, 1.82) is 0 Å². The van der Waals surface area contributed by atoms with Crippen LogP contribution in [-0.4, -0.2) is 43.5 Å². The van der Waals surface area contributed by atoms with E-state index in [9.17, 15) is 24.3 Å². The van der Waals surface area contributed by atoms with Gasteiger partial charge in [0.05, 0.1) is 10.9 Å². The van der Waals surface area contributed by atoms with Gasteiger partial charge in [-0.1, -0.05) is 12.8 Å². The van der Waals surface area contributed by atoms with Crippen molar-refractivity contribution in [3.8, 4) is 0 Å². The first-order valence-corrected chi connectivity index (χ1v) is 9.74. The van der Waals surface area contributed by atoms with E-state index in [1.165, 1.54) is 17.0 Å². The van der Waals surface area contributed by atoms with Crippen LogP contribution >= 0.6 is 0 Å². The Balaban J connectivity index is 1.76. The molecule has 3 atom stereocenters. The van der Waals surface area contributed by atoms with E-state index >= 15 is 0 Å². The van der Waals surface area contributed by atoms with Crippen LogP contribution < -0.4 is 11.2 Å². The van der Waals surface area contributed by atoms with Crippen molar-refractivity contribution in [2.24, 2.45) is 5.92 Å². The van der Waals surface area contributed by atoms with Crippen molar-refractivity contribution >= 4 is 22.8 Å². The van der Waals surface area contributed by atoms with Gasteiger partial charge >= 0.3 is 11.7 Å². The van der Waals surface area contributed by atoms with Crippen LogP contribution in [0.25, 0.3) is 10.9 Å². The van der Waals surface area contributed by atoms with Crippen LogP contribution in [-0.2, 0) is 11.3 Å². The van der Waals surface area contributed by atoms with Crippen LogP contribution in [0.2, 0.25) is 0 Å². The highest BCUT2D eigenvalue weighted by atomic mass is 16.4. The van der Waals surface area contributed by atoms with Crippen molar-refractivity contribution < 1.29 is 14.7 Å². The predicted molar refractivity (Wildman–Crippen MR) is 102 cm³/mol. The van der Waals surface area contributed by atoms with Crippen LogP contribution in [0.15, 0.2) is 27.8 Å². The Labute approximate surface area is 160 Å². The maximum Gasteiger partial charge on any atom is 0.328 e. The molecule has 1 saturated heterocycles. The number of aromatic amines is 1. The fourth-order valence-electron chi connectivity index (χ4n) is 4.80. The van der Waals surface area contributed by atoms with Crippen molar-refractivity contribution in [1.82, 2.24) is 14.5 Å². The highest BCUT2D eigenvalue weighted by Crippen LogP contribution is 2.40. The van der Waals surface area contributed by atoms with Gasteiger partial charge in [0.2, 0.25) is 0 Å². The number of nitrogens with one attached hydrogen (secondary N) is 1. The molecule has 8 heteroatoms. The lowest BCUT2D eigenvalue weighted by Gasteiger charge is -2.33. The second-order valence-electron chi connectivity index (χ2n) is 7.65. The molecule has 1 saturated carbocycles. The number of H-pyrrole nitrogens is 1. The molecule has 2 fully saturated rings. The van der Waals surface area contributed by atoms with E-state index in [0.717, 1.165) is 30.3 Å². The van der Waals surface area contributed by atoms with Gasteiger partial charge in [-0.25, -0.2) is 9.59 Å². The Bertz CT molecular complexity index is 1070. The van der Waals surface area contributed by atoms with Crippen molar-refractivity contribution in [2.45, 2.75) is 57.7 Å². The Morgan fingerprint density at radius 3 is 2.68 bits per heavy atom. The number of carboxylic acid groups (broad SMARTS) is 1. The molecule has 1 aliphatic carbocycles. The zero-order valence-corrected chi connectivity index (χ0v) is 15.7. The van der Waals surface area contributed by atoms with Gasteiger partial charge in [0.1, 0.15) is 6.04 Å². The van der Waals surface area contributed by atoms with E-state index in [4.69, 9.17) is 0 Å². The summed E-state index contributed by atoms with van der Waals surface area (Å²) in [5, 5.41) is 9.97. The summed E-state index contributed by atoms with van der Waals surface area (Å²) in [6.45, 7) is 1.96. The van der Waals surface area contributed by atoms with E-state index < -0.39 is 23.3 Å². The quantitative estimate of drug-likeness (QED) is 0.833. The van der Waals surface area contributed by atoms with Gasteiger partial charge in [-0.15, -0.1) is 0 Å². The molecular weight excluding hydrogens is 362 g/mol. The topological polar surface area (TPSA) is 112 Å². The number of carbonyl (C=O) groups is 2. The molecule has 1 aromatic heterocycles. The number of nitrogens with zero attached hydrogens (tertiary/aromatic N) is 2. The van der Waals surface area contributed by atoms with Crippen LogP contribution in [0.5, 0.6) is 0 Å². The maximum atomic E-state index is 13.2. The number of benzene rings is 1. The second-order valence-corrected chi connectivity index (χ2v) is 7.65. The molecule has 148 valence electrons. The number of carbonyl (C=O) groups excluding carboxylic acids is 1. The van der Waals surface area contributed by atoms with Crippen molar-refractivity contribution in [2.75, 3.05) is 0 Å².